The summed E-state index contributed by atoms with van der Waals surface area (Å²) < 4.78 is 0. The van der Waals surface area contributed by atoms with Gasteiger partial charge in [0.05, 0.1) is 6.04 Å². The number of nitrogens with two attached hydrogens (primary N) is 1. The van der Waals surface area contributed by atoms with E-state index in [2.05, 4.69) is 5.32 Å². The third kappa shape index (κ3) is 6.62. The third-order valence-corrected chi connectivity index (χ3v) is 6.75. The fourth-order valence-electron chi connectivity index (χ4n) is 4.56. The number of hydrogen-bond acceptors (Lipinski definition) is 5. The lowest BCUT2D eigenvalue weighted by Gasteiger charge is -2.30. The quantitative estimate of drug-likeness (QED) is 0.393. The highest BCUT2D eigenvalue weighted by molar-refractivity contribution is 6.03. The molecule has 0 radical (unpaired) electrons. The number of nitrogens with one attached hydrogen (secondary N) is 1. The second-order valence-corrected chi connectivity index (χ2v) is 9.33. The first-order chi connectivity index (χ1) is 14.2. The maximum absolute atomic E-state index is 12.5. The average molecular weight is 422 g/mol. The number of hydrogen-bond donors (Lipinski definition) is 2. The van der Waals surface area contributed by atoms with Crippen LogP contribution in [-0.4, -0.2) is 47.5 Å². The first-order valence-electron chi connectivity index (χ1n) is 11.6. The second-order valence-electron chi connectivity index (χ2n) is 9.33. The van der Waals surface area contributed by atoms with E-state index in [0.29, 0.717) is 38.3 Å². The molecule has 1 heterocycles. The van der Waals surface area contributed by atoms with Gasteiger partial charge in [0.1, 0.15) is 5.78 Å². The van der Waals surface area contributed by atoms with Crippen LogP contribution in [0.1, 0.15) is 78.6 Å². The summed E-state index contributed by atoms with van der Waals surface area (Å²) >= 11 is 0. The topological polar surface area (TPSA) is 110 Å². The number of nitrogens with zero attached hydrogens (tertiary/aromatic N) is 1. The lowest BCUT2D eigenvalue weighted by Crippen LogP contribution is -2.39. The van der Waals surface area contributed by atoms with Gasteiger partial charge in [0.25, 0.3) is 0 Å². The molecule has 2 atom stereocenters. The Kier molecular flexibility index (Phi) is 9.46. The van der Waals surface area contributed by atoms with Crippen molar-refractivity contribution in [1.29, 1.82) is 0 Å². The zero-order valence-electron chi connectivity index (χ0n) is 18.8. The largest absolute Gasteiger partial charge is 0.356 e. The third-order valence-electron chi connectivity index (χ3n) is 6.75. The van der Waals surface area contributed by atoms with E-state index in [1.807, 2.05) is 20.8 Å². The van der Waals surface area contributed by atoms with Gasteiger partial charge in [-0.15, -0.1) is 0 Å². The van der Waals surface area contributed by atoms with E-state index in [1.165, 1.54) is 4.90 Å². The van der Waals surface area contributed by atoms with Crippen molar-refractivity contribution < 1.29 is 19.2 Å². The van der Waals surface area contributed by atoms with Gasteiger partial charge < -0.3 is 11.1 Å². The molecule has 1 aliphatic heterocycles. The van der Waals surface area contributed by atoms with Gasteiger partial charge in [0.2, 0.25) is 17.7 Å². The fourth-order valence-corrected chi connectivity index (χ4v) is 4.56. The van der Waals surface area contributed by atoms with Crippen LogP contribution in [0.15, 0.2) is 0 Å². The monoisotopic (exact) mass is 421 g/mol. The molecule has 2 fully saturated rings. The molecule has 1 saturated heterocycles. The lowest BCUT2D eigenvalue weighted by atomic mass is 9.81. The number of rotatable bonds is 11. The Morgan fingerprint density at radius 2 is 1.80 bits per heavy atom. The SMILES string of the molecule is CCC(=O)C(N)CCCCNC(=O)C1CCC(CN2C(=O)CC(C(C)C)C2=O)CC1. The van der Waals surface area contributed by atoms with E-state index in [-0.39, 0.29) is 47.3 Å². The van der Waals surface area contributed by atoms with Gasteiger partial charge >= 0.3 is 0 Å². The maximum atomic E-state index is 12.5. The van der Waals surface area contributed by atoms with Crippen LogP contribution in [0.3, 0.4) is 0 Å². The minimum Gasteiger partial charge on any atom is -0.356 e. The molecule has 170 valence electrons. The average Bonchev–Trinajstić information content (AvgIpc) is 3.01. The van der Waals surface area contributed by atoms with Gasteiger partial charge in [-0.1, -0.05) is 20.8 Å². The Morgan fingerprint density at radius 1 is 1.13 bits per heavy atom. The van der Waals surface area contributed by atoms with E-state index in [1.54, 1.807) is 0 Å². The summed E-state index contributed by atoms with van der Waals surface area (Å²) in [5, 5.41) is 3.01. The zero-order chi connectivity index (χ0) is 22.3. The Balaban J connectivity index is 1.64. The molecule has 7 heteroatoms. The summed E-state index contributed by atoms with van der Waals surface area (Å²) in [5.41, 5.74) is 5.81. The molecule has 0 bridgehead atoms. The van der Waals surface area contributed by atoms with E-state index in [0.717, 1.165) is 38.5 Å². The van der Waals surface area contributed by atoms with Crippen molar-refractivity contribution in [3.05, 3.63) is 0 Å². The van der Waals surface area contributed by atoms with Crippen molar-refractivity contribution in [3.63, 3.8) is 0 Å². The van der Waals surface area contributed by atoms with E-state index >= 15 is 0 Å². The minimum absolute atomic E-state index is 0.0126. The van der Waals surface area contributed by atoms with Crippen molar-refractivity contribution in [1.82, 2.24) is 10.2 Å². The predicted octanol–water partition coefficient (Wildman–Crippen LogP) is 2.42. The Hall–Kier alpha value is -1.76. The van der Waals surface area contributed by atoms with E-state index < -0.39 is 0 Å². The van der Waals surface area contributed by atoms with Gasteiger partial charge in [-0.25, -0.2) is 0 Å². The molecular weight excluding hydrogens is 382 g/mol. The van der Waals surface area contributed by atoms with Crippen molar-refractivity contribution in [2.45, 2.75) is 84.6 Å². The van der Waals surface area contributed by atoms with Crippen LogP contribution in [0, 0.1) is 23.7 Å². The number of imide groups is 1. The van der Waals surface area contributed by atoms with Crippen LogP contribution in [0.25, 0.3) is 0 Å². The molecule has 0 spiro atoms. The van der Waals surface area contributed by atoms with Crippen LogP contribution in [0.5, 0.6) is 0 Å². The van der Waals surface area contributed by atoms with Crippen LogP contribution in [0.2, 0.25) is 0 Å². The first-order valence-corrected chi connectivity index (χ1v) is 11.6. The second kappa shape index (κ2) is 11.6. The van der Waals surface area contributed by atoms with Gasteiger partial charge in [-0.2, -0.15) is 0 Å². The number of unbranched alkanes of at least 4 members (excludes halogenated alkanes) is 1. The number of ketones is 1. The highest BCUT2D eigenvalue weighted by Gasteiger charge is 2.41. The van der Waals surface area contributed by atoms with Crippen molar-refractivity contribution in [2.75, 3.05) is 13.1 Å². The standard InChI is InChI=1S/C23H39N3O4/c1-4-20(27)19(24)7-5-6-12-25-22(29)17-10-8-16(9-11-17)14-26-21(28)13-18(15(2)3)23(26)30/h15-19H,4-14,24H2,1-3H3,(H,25,29). The molecule has 0 aromatic carbocycles. The Bertz CT molecular complexity index is 626. The molecule has 7 nitrogen and oxygen atoms in total. The minimum atomic E-state index is -0.383. The number of amides is 3. The van der Waals surface area contributed by atoms with Crippen LogP contribution < -0.4 is 11.1 Å². The summed E-state index contributed by atoms with van der Waals surface area (Å²) in [6.07, 6.45) is 6.47. The molecule has 3 amide bonds. The van der Waals surface area contributed by atoms with Crippen molar-refractivity contribution in [3.8, 4) is 0 Å². The molecule has 2 rings (SSSR count). The lowest BCUT2D eigenvalue weighted by molar-refractivity contribution is -0.141. The summed E-state index contributed by atoms with van der Waals surface area (Å²) in [7, 11) is 0. The number of Topliss-reactive ketones (excluding diaryl/α,β-unsaturated/α-hetero) is 1. The van der Waals surface area contributed by atoms with Crippen molar-refractivity contribution in [2.24, 2.45) is 29.4 Å². The zero-order valence-corrected chi connectivity index (χ0v) is 18.8. The highest BCUT2D eigenvalue weighted by atomic mass is 16.2. The molecule has 30 heavy (non-hydrogen) atoms. The first kappa shape index (κ1) is 24.5. The van der Waals surface area contributed by atoms with Gasteiger partial charge in [-0.05, 0) is 56.8 Å². The number of likely N-dealkylation sites (tertiary alicyclic amines) is 1. The molecule has 0 aromatic heterocycles. The molecule has 0 aromatic rings. The Morgan fingerprint density at radius 3 is 2.37 bits per heavy atom. The highest BCUT2D eigenvalue weighted by Crippen LogP contribution is 2.33. The molecule has 3 N–H and O–H groups in total. The van der Waals surface area contributed by atoms with E-state index in [9.17, 15) is 19.2 Å². The summed E-state index contributed by atoms with van der Waals surface area (Å²) in [4.78, 5) is 50.1. The summed E-state index contributed by atoms with van der Waals surface area (Å²) in [6.45, 7) is 6.91. The normalized spacial score (nSPS) is 25.6. The predicted molar refractivity (Wildman–Crippen MR) is 115 cm³/mol. The van der Waals surface area contributed by atoms with Gasteiger partial charge in [-0.3, -0.25) is 24.1 Å². The molecular formula is C23H39N3O4. The van der Waals surface area contributed by atoms with Crippen molar-refractivity contribution >= 4 is 23.5 Å². The molecule has 2 unspecified atom stereocenters. The fraction of sp³-hybridized carbons (Fsp3) is 0.826. The maximum Gasteiger partial charge on any atom is 0.233 e. The summed E-state index contributed by atoms with van der Waals surface area (Å²) in [5.74, 6) is 0.449. The van der Waals surface area contributed by atoms with E-state index in [4.69, 9.17) is 5.73 Å². The smallest absolute Gasteiger partial charge is 0.233 e. The van der Waals surface area contributed by atoms with Gasteiger partial charge in [0, 0.05) is 37.8 Å². The van der Waals surface area contributed by atoms with Crippen LogP contribution in [-0.2, 0) is 19.2 Å². The molecule has 1 aliphatic carbocycles. The van der Waals surface area contributed by atoms with Crippen LogP contribution in [0.4, 0.5) is 0 Å². The summed E-state index contributed by atoms with van der Waals surface area (Å²) in [6, 6.07) is -0.383. The number of carbonyl (C=O) groups excluding carboxylic acids is 4. The molecule has 1 saturated carbocycles. The van der Waals surface area contributed by atoms with Gasteiger partial charge in [0.15, 0.2) is 0 Å². The molecule has 2 aliphatic rings. The van der Waals surface area contributed by atoms with Crippen LogP contribution >= 0.6 is 0 Å². The number of carbonyl (C=O) groups is 4. The Labute approximate surface area is 180 Å².